The number of benzene rings is 1. The molecule has 0 saturated carbocycles. The van der Waals surface area contributed by atoms with Gasteiger partial charge in [0.2, 0.25) is 0 Å². The lowest BCUT2D eigenvalue weighted by molar-refractivity contribution is 0.147. The average Bonchev–Trinajstić information content (AvgIpc) is 2.43. The van der Waals surface area contributed by atoms with Gasteiger partial charge in [0.15, 0.2) is 0 Å². The molecule has 1 unspecified atom stereocenters. The van der Waals surface area contributed by atoms with Crippen molar-refractivity contribution in [2.45, 2.75) is 19.4 Å². The van der Waals surface area contributed by atoms with Crippen LogP contribution in [0.4, 0.5) is 10.5 Å². The normalized spacial score (nSPS) is 23.5. The number of aryl methyl sites for hydroxylation is 1. The number of hydrogen-bond donors (Lipinski definition) is 1. The summed E-state index contributed by atoms with van der Waals surface area (Å²) in [5.41, 5.74) is 2.16. The van der Waals surface area contributed by atoms with Crippen LogP contribution in [0.1, 0.15) is 12.0 Å². The van der Waals surface area contributed by atoms with Crippen molar-refractivity contribution in [3.8, 4) is 0 Å². The fourth-order valence-corrected chi connectivity index (χ4v) is 3.08. The highest BCUT2D eigenvalue weighted by molar-refractivity contribution is 9.10. The molecule has 2 amide bonds. The molecule has 0 aliphatic carbocycles. The fraction of sp³-hybridized carbons (Fsp3) is 0.500. The minimum Gasteiger partial charge on any atom is -0.319 e. The largest absolute Gasteiger partial charge is 0.324 e. The molecule has 1 aromatic rings. The Morgan fingerprint density at radius 3 is 3.00 bits per heavy atom. The number of halogens is 1. The second kappa shape index (κ2) is 5.13. The molecular weight excluding hydrogens is 306 g/mol. The molecule has 2 saturated heterocycles. The standard InChI is InChI=1S/C14H18BrN3O/c1-10-8-11(2-3-13(10)15)17-6-4-12-9-16-5-7-18(12)14(17)19/h2-3,8,12,16H,4-7,9H2,1H3. The van der Waals surface area contributed by atoms with Crippen molar-refractivity contribution in [3.63, 3.8) is 0 Å². The van der Waals surface area contributed by atoms with Crippen LogP contribution < -0.4 is 10.2 Å². The maximum absolute atomic E-state index is 12.6. The maximum atomic E-state index is 12.6. The fourth-order valence-electron chi connectivity index (χ4n) is 2.84. The van der Waals surface area contributed by atoms with Crippen LogP contribution in [-0.2, 0) is 0 Å². The second-order valence-electron chi connectivity index (χ2n) is 5.21. The molecule has 1 N–H and O–H groups in total. The summed E-state index contributed by atoms with van der Waals surface area (Å²) in [6, 6.07) is 6.62. The highest BCUT2D eigenvalue weighted by Gasteiger charge is 2.35. The van der Waals surface area contributed by atoms with Crippen LogP contribution >= 0.6 is 15.9 Å². The van der Waals surface area contributed by atoms with E-state index >= 15 is 0 Å². The minimum absolute atomic E-state index is 0.152. The Labute approximate surface area is 121 Å². The Morgan fingerprint density at radius 2 is 2.21 bits per heavy atom. The summed E-state index contributed by atoms with van der Waals surface area (Å²) in [4.78, 5) is 16.5. The summed E-state index contributed by atoms with van der Waals surface area (Å²) in [7, 11) is 0. The molecule has 1 atom stereocenters. The molecule has 0 radical (unpaired) electrons. The summed E-state index contributed by atoms with van der Waals surface area (Å²) >= 11 is 3.50. The second-order valence-corrected chi connectivity index (χ2v) is 6.06. The number of piperazine rings is 1. The molecule has 5 heteroatoms. The van der Waals surface area contributed by atoms with Gasteiger partial charge in [-0.25, -0.2) is 4.79 Å². The van der Waals surface area contributed by atoms with Crippen molar-refractivity contribution < 1.29 is 4.79 Å². The van der Waals surface area contributed by atoms with Gasteiger partial charge in [0.25, 0.3) is 0 Å². The van der Waals surface area contributed by atoms with Gasteiger partial charge in [0.05, 0.1) is 0 Å². The van der Waals surface area contributed by atoms with Gasteiger partial charge in [-0.2, -0.15) is 0 Å². The van der Waals surface area contributed by atoms with E-state index in [9.17, 15) is 4.79 Å². The Hall–Kier alpha value is -1.07. The highest BCUT2D eigenvalue weighted by atomic mass is 79.9. The first-order chi connectivity index (χ1) is 9.16. The number of anilines is 1. The van der Waals surface area contributed by atoms with Gasteiger partial charge < -0.3 is 10.2 Å². The number of carbonyl (C=O) groups is 1. The van der Waals surface area contributed by atoms with E-state index in [1.165, 1.54) is 0 Å². The van der Waals surface area contributed by atoms with E-state index in [1.807, 2.05) is 21.9 Å². The predicted octanol–water partition coefficient (Wildman–Crippen LogP) is 2.36. The van der Waals surface area contributed by atoms with Gasteiger partial charge >= 0.3 is 6.03 Å². The molecule has 2 aliphatic rings. The molecule has 2 heterocycles. The summed E-state index contributed by atoms with van der Waals surface area (Å²) in [5, 5.41) is 3.36. The number of urea groups is 1. The first-order valence-electron chi connectivity index (χ1n) is 6.72. The number of nitrogens with one attached hydrogen (secondary N) is 1. The molecular formula is C14H18BrN3O. The highest BCUT2D eigenvalue weighted by Crippen LogP contribution is 2.27. The van der Waals surface area contributed by atoms with E-state index in [4.69, 9.17) is 0 Å². The third-order valence-corrected chi connectivity index (χ3v) is 4.86. The van der Waals surface area contributed by atoms with E-state index in [0.29, 0.717) is 6.04 Å². The molecule has 1 aromatic carbocycles. The van der Waals surface area contributed by atoms with Crippen molar-refractivity contribution in [3.05, 3.63) is 28.2 Å². The van der Waals surface area contributed by atoms with Crippen LogP contribution in [0.3, 0.4) is 0 Å². The first-order valence-corrected chi connectivity index (χ1v) is 7.51. The zero-order valence-corrected chi connectivity index (χ0v) is 12.6. The average molecular weight is 324 g/mol. The zero-order chi connectivity index (χ0) is 13.4. The van der Waals surface area contributed by atoms with Crippen LogP contribution in [0.5, 0.6) is 0 Å². The number of amides is 2. The monoisotopic (exact) mass is 323 g/mol. The van der Waals surface area contributed by atoms with E-state index in [-0.39, 0.29) is 6.03 Å². The molecule has 19 heavy (non-hydrogen) atoms. The predicted molar refractivity (Wildman–Crippen MR) is 79.6 cm³/mol. The summed E-state index contributed by atoms with van der Waals surface area (Å²) in [6.45, 7) is 5.50. The van der Waals surface area contributed by atoms with Crippen LogP contribution in [0.2, 0.25) is 0 Å². The van der Waals surface area contributed by atoms with Crippen molar-refractivity contribution in [2.75, 3.05) is 31.1 Å². The van der Waals surface area contributed by atoms with Gasteiger partial charge in [-0.1, -0.05) is 15.9 Å². The maximum Gasteiger partial charge on any atom is 0.324 e. The Balaban J connectivity index is 1.85. The first kappa shape index (κ1) is 12.9. The summed E-state index contributed by atoms with van der Waals surface area (Å²) in [5.74, 6) is 0. The lowest BCUT2D eigenvalue weighted by Crippen LogP contribution is -2.61. The van der Waals surface area contributed by atoms with E-state index in [1.54, 1.807) is 0 Å². The lowest BCUT2D eigenvalue weighted by atomic mass is 10.1. The molecule has 0 aromatic heterocycles. The van der Waals surface area contributed by atoms with Gasteiger partial charge in [0.1, 0.15) is 0 Å². The van der Waals surface area contributed by atoms with Gasteiger partial charge in [-0.05, 0) is 37.1 Å². The van der Waals surface area contributed by atoms with E-state index in [2.05, 4.69) is 34.2 Å². The number of nitrogens with zero attached hydrogens (tertiary/aromatic N) is 2. The van der Waals surface area contributed by atoms with Crippen LogP contribution in [0, 0.1) is 6.92 Å². The van der Waals surface area contributed by atoms with Gasteiger partial charge in [0, 0.05) is 42.4 Å². The Bertz CT molecular complexity index is 505. The number of carbonyl (C=O) groups excluding carboxylic acids is 1. The van der Waals surface area contributed by atoms with Crippen LogP contribution in [-0.4, -0.2) is 43.2 Å². The number of hydrogen-bond acceptors (Lipinski definition) is 2. The zero-order valence-electron chi connectivity index (χ0n) is 11.0. The van der Waals surface area contributed by atoms with Gasteiger partial charge in [-0.3, -0.25) is 4.90 Å². The van der Waals surface area contributed by atoms with Crippen molar-refractivity contribution in [1.82, 2.24) is 10.2 Å². The van der Waals surface area contributed by atoms with Crippen LogP contribution in [0.25, 0.3) is 0 Å². The Kier molecular flexibility index (Phi) is 3.50. The molecule has 0 spiro atoms. The topological polar surface area (TPSA) is 35.6 Å². The van der Waals surface area contributed by atoms with Gasteiger partial charge in [-0.15, -0.1) is 0 Å². The molecule has 0 bridgehead atoms. The SMILES string of the molecule is Cc1cc(N2CCC3CNCCN3C2=O)ccc1Br. The number of rotatable bonds is 1. The van der Waals surface area contributed by atoms with Crippen molar-refractivity contribution in [1.29, 1.82) is 0 Å². The quantitative estimate of drug-likeness (QED) is 0.861. The van der Waals surface area contributed by atoms with Crippen LogP contribution in [0.15, 0.2) is 22.7 Å². The smallest absolute Gasteiger partial charge is 0.319 e. The summed E-state index contributed by atoms with van der Waals surface area (Å²) < 4.78 is 1.08. The van der Waals surface area contributed by atoms with E-state index < -0.39 is 0 Å². The molecule has 102 valence electrons. The minimum atomic E-state index is 0.152. The molecule has 2 fully saturated rings. The Morgan fingerprint density at radius 1 is 1.37 bits per heavy atom. The molecule has 3 rings (SSSR count). The third kappa shape index (κ3) is 2.37. The van der Waals surface area contributed by atoms with E-state index in [0.717, 1.165) is 48.3 Å². The number of fused-ring (bicyclic) bond motifs is 1. The third-order valence-electron chi connectivity index (χ3n) is 3.97. The van der Waals surface area contributed by atoms with Crippen molar-refractivity contribution >= 4 is 27.6 Å². The van der Waals surface area contributed by atoms with Crippen molar-refractivity contribution in [2.24, 2.45) is 0 Å². The molecule has 2 aliphatic heterocycles. The lowest BCUT2D eigenvalue weighted by Gasteiger charge is -2.44. The molecule has 4 nitrogen and oxygen atoms in total. The summed E-state index contributed by atoms with van der Waals surface area (Å²) in [6.07, 6.45) is 1.04.